The third-order valence-corrected chi connectivity index (χ3v) is 6.61. The van der Waals surface area contributed by atoms with E-state index < -0.39 is 42.4 Å². The third kappa shape index (κ3) is 14.1. The Balaban J connectivity index is -0.00000192. The zero-order valence-corrected chi connectivity index (χ0v) is 21.0. The normalized spacial score (nSPS) is 26.7. The molecule has 3 unspecified atom stereocenters. The fraction of sp³-hybridized carbons (Fsp3) is 0.800. The van der Waals surface area contributed by atoms with Crippen molar-refractivity contribution in [3.05, 3.63) is 14.9 Å². The monoisotopic (exact) mass is 528 g/mol. The van der Waals surface area contributed by atoms with Gasteiger partial charge in [-0.05, 0) is 0 Å². The van der Waals surface area contributed by atoms with Gasteiger partial charge in [0.15, 0.2) is 0 Å². The molecule has 0 bridgehead atoms. The molecule has 1 rings (SSSR count). The largest absolute Gasteiger partial charge is 0.358 e. The molecule has 5 atom stereocenters. The molecule has 1 radical (unpaired) electrons. The van der Waals surface area contributed by atoms with Crippen molar-refractivity contribution in [1.82, 2.24) is 0 Å². The average molecular weight is 528 g/mol. The van der Waals surface area contributed by atoms with Crippen LogP contribution in [0.4, 0.5) is 0 Å². The predicted octanol–water partition coefficient (Wildman–Crippen LogP) is 2.30. The minimum atomic E-state index is -5.50. The van der Waals surface area contributed by atoms with E-state index in [1.807, 2.05) is 6.92 Å². The molecule has 0 aromatic rings. The van der Waals surface area contributed by atoms with Gasteiger partial charge in [0.25, 0.3) is 0 Å². The number of nitrogens with zero attached hydrogens (tertiary/aromatic N) is 1. The van der Waals surface area contributed by atoms with Crippen molar-refractivity contribution in [1.29, 1.82) is 0 Å². The number of ether oxygens (including phenoxy) is 1. The van der Waals surface area contributed by atoms with Crippen LogP contribution in [0.15, 0.2) is 4.90 Å². The fourth-order valence-electron chi connectivity index (χ4n) is 1.85. The number of rotatable bonds is 9. The summed E-state index contributed by atoms with van der Waals surface area (Å²) < 4.78 is 50.5. The van der Waals surface area contributed by atoms with E-state index in [2.05, 4.69) is 18.0 Å². The summed E-state index contributed by atoms with van der Waals surface area (Å²) in [5, 5.41) is 0. The summed E-state index contributed by atoms with van der Waals surface area (Å²) in [5.41, 5.74) is 0. The molecule has 17 heteroatoms. The van der Waals surface area contributed by atoms with Crippen molar-refractivity contribution in [2.45, 2.75) is 38.9 Å². The zero-order valence-electron chi connectivity index (χ0n) is 15.4. The van der Waals surface area contributed by atoms with Crippen LogP contribution in [-0.4, -0.2) is 45.6 Å². The van der Waals surface area contributed by atoms with E-state index in [-0.39, 0.29) is 53.5 Å². The molecule has 27 heavy (non-hydrogen) atoms. The van der Waals surface area contributed by atoms with Crippen molar-refractivity contribution in [2.75, 3.05) is 6.61 Å². The summed E-state index contributed by atoms with van der Waals surface area (Å²) in [6, 6.07) is 0. The summed E-state index contributed by atoms with van der Waals surface area (Å²) in [6.07, 6.45) is 0.241. The minimum Gasteiger partial charge on any atom is -0.358 e. The first kappa shape index (κ1) is 33.0. The predicted molar refractivity (Wildman–Crippen MR) is 93.7 cm³/mol. The van der Waals surface area contributed by atoms with Gasteiger partial charge < -0.3 is 14.9 Å². The Kier molecular flexibility index (Phi) is 16.6. The van der Waals surface area contributed by atoms with Crippen LogP contribution in [0, 0.1) is 20.8 Å². The van der Waals surface area contributed by atoms with Crippen molar-refractivity contribution < 1.29 is 83.9 Å². The van der Waals surface area contributed by atoms with Gasteiger partial charge in [-0.3, -0.25) is 0 Å². The smallest absolute Gasteiger partial charge is 0 e. The molecule has 12 nitrogen and oxygen atoms in total. The Morgan fingerprint density at radius 3 is 2.15 bits per heavy atom. The first-order chi connectivity index (χ1) is 10.8. The number of hydrogen-bond donors (Lipinski definition) is 4. The Bertz CT molecular complexity index is 603. The Labute approximate surface area is 185 Å². The average Bonchev–Trinajstić information content (AvgIpc) is 2.70. The molecular weight excluding hydrogens is 503 g/mol. The van der Waals surface area contributed by atoms with Gasteiger partial charge in [0, 0.05) is 32.7 Å². The maximum atomic E-state index is 11.6. The van der Waals surface area contributed by atoms with Crippen LogP contribution in [0.1, 0.15) is 20.3 Å². The summed E-state index contributed by atoms with van der Waals surface area (Å²) in [6.45, 7) is 3.24. The van der Waals surface area contributed by atoms with Crippen LogP contribution in [0.25, 0.3) is 0 Å². The van der Waals surface area contributed by atoms with Crippen LogP contribution in [-0.2, 0) is 64.3 Å². The zero-order chi connectivity index (χ0) is 18.6. The van der Waals surface area contributed by atoms with Crippen molar-refractivity contribution in [3.8, 4) is 0 Å². The second-order valence-corrected chi connectivity index (χ2v) is 9.39. The van der Waals surface area contributed by atoms with E-state index in [9.17, 15) is 18.6 Å². The quantitative estimate of drug-likeness (QED) is 0.196. The number of phosphoric acid groups is 3. The van der Waals surface area contributed by atoms with Crippen LogP contribution >= 0.6 is 23.5 Å². The fourth-order valence-corrected chi connectivity index (χ4v) is 4.88. The van der Waals surface area contributed by atoms with Gasteiger partial charge in [0.05, 0.1) is 0 Å². The van der Waals surface area contributed by atoms with E-state index in [1.165, 1.54) is 0 Å². The van der Waals surface area contributed by atoms with Crippen LogP contribution in [0.2, 0.25) is 6.32 Å². The Morgan fingerprint density at radius 1 is 1.11 bits per heavy atom. The van der Waals surface area contributed by atoms with Gasteiger partial charge in [-0.15, -0.1) is 0 Å². The van der Waals surface area contributed by atoms with Gasteiger partial charge in [-0.2, -0.15) is 0 Å². The Morgan fingerprint density at radius 2 is 1.67 bits per heavy atom. The molecule has 1 aliphatic rings. The van der Waals surface area contributed by atoms with Gasteiger partial charge >= 0.3 is 138 Å². The van der Waals surface area contributed by atoms with Crippen molar-refractivity contribution in [3.63, 3.8) is 0 Å². The topological polar surface area (TPSA) is 181 Å². The van der Waals surface area contributed by atoms with Crippen molar-refractivity contribution in [2.24, 2.45) is 10.8 Å². The molecule has 1 heterocycles. The second-order valence-electron chi connectivity index (χ2n) is 4.97. The van der Waals surface area contributed by atoms with Gasteiger partial charge in [0.1, 0.15) is 0 Å². The molecule has 0 amide bonds. The van der Waals surface area contributed by atoms with Gasteiger partial charge in [-0.1, -0.05) is 0 Å². The molecule has 0 spiro atoms. The minimum absolute atomic E-state index is 0. The summed E-state index contributed by atoms with van der Waals surface area (Å²) in [5.74, 6) is -0.0729. The molecule has 0 aromatic heterocycles. The standard InChI is InChI=1S/C8H19BNO11P3.2CH3.Y/c1-3-9-10-8-4-6(2)7(19-8)5-18-23(14,15)21-24(16,17)20-22(11,12)13;;;/h6-8H,3-5H2,1-2H3,(H,14,15)(H,16,17)(H2,11,12,13);2*1H3;/q;2*-1;/t6?,7-,8-;;;/m1.../s1. The summed E-state index contributed by atoms with van der Waals surface area (Å²) >= 11 is 0. The molecule has 1 aliphatic heterocycles. The maximum Gasteiger partial charge on any atom is 0 e. The first-order valence-corrected chi connectivity index (χ1v) is 11.3. The third-order valence-electron chi connectivity index (χ3n) is 2.81. The molecule has 0 saturated carbocycles. The Hall–Kier alpha value is 1.34. The SMILES string of the molecule is CCB=N[C@H]1CC(C)[C@@H](COP(=O)(O)OP(=O)(O)OP(=O)(O)O)O1.[CH3-].[CH3-].[Y]. The molecule has 4 N–H and O–H groups in total. The van der Waals surface area contributed by atoms with E-state index in [0.717, 1.165) is 6.32 Å². The van der Waals surface area contributed by atoms with E-state index in [4.69, 9.17) is 19.4 Å². The molecular formula is C10H25BNO11P3Y-2. The van der Waals surface area contributed by atoms with Crippen LogP contribution in [0.3, 0.4) is 0 Å². The van der Waals surface area contributed by atoms with Crippen molar-refractivity contribution >= 4 is 30.5 Å². The van der Waals surface area contributed by atoms with Crippen LogP contribution < -0.4 is 0 Å². The first-order valence-electron chi connectivity index (χ1n) is 6.79. The summed E-state index contributed by atoms with van der Waals surface area (Å²) in [7, 11) is -14.4. The molecule has 159 valence electrons. The molecule has 1 fully saturated rings. The molecule has 0 aromatic carbocycles. The summed E-state index contributed by atoms with van der Waals surface area (Å²) in [4.78, 5) is 39.4. The number of phosphoric ester groups is 1. The second kappa shape index (κ2) is 13.6. The van der Waals surface area contributed by atoms with Gasteiger partial charge in [-0.25, -0.2) is 0 Å². The van der Waals surface area contributed by atoms with E-state index >= 15 is 0 Å². The van der Waals surface area contributed by atoms with E-state index in [0.29, 0.717) is 6.42 Å². The maximum absolute atomic E-state index is 11.6. The van der Waals surface area contributed by atoms with E-state index in [1.54, 1.807) is 14.0 Å². The number of hydrogen-bond acceptors (Lipinski definition) is 8. The molecule has 0 aliphatic carbocycles. The van der Waals surface area contributed by atoms with Gasteiger partial charge in [0.2, 0.25) is 0 Å². The van der Waals surface area contributed by atoms with Crippen LogP contribution in [0.5, 0.6) is 0 Å². The molecule has 1 saturated heterocycles.